The topological polar surface area (TPSA) is 107 Å². The van der Waals surface area contributed by atoms with Gasteiger partial charge >= 0.3 is 6.61 Å². The van der Waals surface area contributed by atoms with Gasteiger partial charge in [0, 0.05) is 36.1 Å². The molecule has 0 fully saturated rings. The van der Waals surface area contributed by atoms with Gasteiger partial charge in [0.15, 0.2) is 21.5 Å². The maximum atomic E-state index is 15.1. The van der Waals surface area contributed by atoms with E-state index in [4.69, 9.17) is 16.0 Å². The maximum Gasteiger partial charge on any atom is 0.387 e. The van der Waals surface area contributed by atoms with Crippen LogP contribution in [0.15, 0.2) is 64.0 Å². The number of hydrogen-bond donors (Lipinski definition) is 1. The first-order valence-corrected chi connectivity index (χ1v) is 15.1. The second-order valence-electron chi connectivity index (χ2n) is 9.83. The molecule has 0 bridgehead atoms. The molecule has 0 spiro atoms. The fourth-order valence-electron chi connectivity index (χ4n) is 4.88. The molecule has 0 saturated carbocycles. The number of halogens is 4. The SMILES string of the molecule is Cc1cn(-c2ccc(-c3cc(F)c(CO)c(S(C)(=O)=O)c3)cc2-c2nc(C)oc2-c2ccc(OC(F)F)c(Cl)c2)c(C)n1. The van der Waals surface area contributed by atoms with Gasteiger partial charge < -0.3 is 18.8 Å². The van der Waals surface area contributed by atoms with Gasteiger partial charge in [-0.2, -0.15) is 8.78 Å². The summed E-state index contributed by atoms with van der Waals surface area (Å²) in [5.74, 6) is 0.157. The minimum Gasteiger partial charge on any atom is -0.440 e. The first kappa shape index (κ1) is 30.3. The molecule has 1 N–H and O–H groups in total. The van der Waals surface area contributed by atoms with Gasteiger partial charge in [-0.3, -0.25) is 0 Å². The summed E-state index contributed by atoms with van der Waals surface area (Å²) in [5.41, 5.74) is 3.07. The fourth-order valence-corrected chi connectivity index (χ4v) is 6.05. The van der Waals surface area contributed by atoms with E-state index in [-0.39, 0.29) is 32.6 Å². The van der Waals surface area contributed by atoms with Crippen molar-refractivity contribution in [3.8, 4) is 45.1 Å². The lowest BCUT2D eigenvalue weighted by Crippen LogP contribution is -2.06. The summed E-state index contributed by atoms with van der Waals surface area (Å²) in [6.07, 6.45) is 2.77. The number of nitrogens with zero attached hydrogens (tertiary/aromatic N) is 3. The first-order valence-electron chi connectivity index (χ1n) is 12.8. The van der Waals surface area contributed by atoms with E-state index in [1.807, 2.05) is 24.6 Å². The predicted octanol–water partition coefficient (Wildman–Crippen LogP) is 7.08. The van der Waals surface area contributed by atoms with Gasteiger partial charge in [-0.15, -0.1) is 0 Å². The maximum absolute atomic E-state index is 15.1. The minimum absolute atomic E-state index is 0.0689. The molecule has 0 radical (unpaired) electrons. The van der Waals surface area contributed by atoms with E-state index in [0.29, 0.717) is 39.8 Å². The lowest BCUT2D eigenvalue weighted by molar-refractivity contribution is -0.0497. The molecule has 0 amide bonds. The number of sulfone groups is 1. The molecule has 5 aromatic rings. The van der Waals surface area contributed by atoms with Crippen LogP contribution in [0.4, 0.5) is 13.2 Å². The van der Waals surface area contributed by atoms with E-state index in [2.05, 4.69) is 14.7 Å². The number of ether oxygens (including phenoxy) is 1. The average molecular weight is 632 g/mol. The molecule has 13 heteroatoms. The van der Waals surface area contributed by atoms with Crippen LogP contribution >= 0.6 is 11.6 Å². The number of oxazole rings is 1. The fraction of sp³-hybridized carbons (Fsp3) is 0.200. The molecule has 0 aliphatic carbocycles. The Morgan fingerprint density at radius 2 is 1.74 bits per heavy atom. The molecule has 3 aromatic carbocycles. The Kier molecular flexibility index (Phi) is 8.12. The summed E-state index contributed by atoms with van der Waals surface area (Å²) in [6, 6.07) is 11.9. The number of hydrogen-bond acceptors (Lipinski definition) is 7. The minimum atomic E-state index is -3.88. The van der Waals surface area contributed by atoms with Crippen LogP contribution in [0.3, 0.4) is 0 Å². The van der Waals surface area contributed by atoms with Gasteiger partial charge in [-0.05, 0) is 67.4 Å². The zero-order chi connectivity index (χ0) is 31.2. The molecule has 8 nitrogen and oxygen atoms in total. The Hall–Kier alpha value is -4.13. The largest absolute Gasteiger partial charge is 0.440 e. The van der Waals surface area contributed by atoms with Crippen molar-refractivity contribution in [1.29, 1.82) is 0 Å². The first-order chi connectivity index (χ1) is 20.3. The highest BCUT2D eigenvalue weighted by Gasteiger charge is 2.24. The second kappa shape index (κ2) is 11.5. The number of aliphatic hydroxyl groups is 1. The third-order valence-electron chi connectivity index (χ3n) is 6.70. The molecule has 2 heterocycles. The van der Waals surface area contributed by atoms with Crippen molar-refractivity contribution in [3.63, 3.8) is 0 Å². The Labute approximate surface area is 250 Å². The summed E-state index contributed by atoms with van der Waals surface area (Å²) in [5, 5.41) is 9.57. The predicted molar refractivity (Wildman–Crippen MR) is 155 cm³/mol. The number of aromatic nitrogens is 3. The number of benzene rings is 3. The van der Waals surface area contributed by atoms with Crippen LogP contribution in [0.25, 0.3) is 39.4 Å². The molecular formula is C30H25ClF3N3O5S. The highest BCUT2D eigenvalue weighted by molar-refractivity contribution is 7.90. The summed E-state index contributed by atoms with van der Waals surface area (Å²) in [6.45, 7) is 1.46. The zero-order valence-electron chi connectivity index (χ0n) is 23.3. The molecule has 5 rings (SSSR count). The van der Waals surface area contributed by atoms with Crippen molar-refractivity contribution >= 4 is 21.4 Å². The van der Waals surface area contributed by atoms with Crippen molar-refractivity contribution in [1.82, 2.24) is 14.5 Å². The summed E-state index contributed by atoms with van der Waals surface area (Å²) < 4.78 is 77.8. The Bertz CT molecular complexity index is 1970. The highest BCUT2D eigenvalue weighted by Crippen LogP contribution is 2.41. The number of aryl methyl sites for hydroxylation is 3. The molecule has 2 aromatic heterocycles. The van der Waals surface area contributed by atoms with Gasteiger partial charge in [0.05, 0.1) is 27.9 Å². The van der Waals surface area contributed by atoms with Crippen molar-refractivity contribution in [2.75, 3.05) is 6.26 Å². The number of imidazole rings is 1. The van der Waals surface area contributed by atoms with E-state index < -0.39 is 28.9 Å². The number of alkyl halides is 2. The normalized spacial score (nSPS) is 11.9. The van der Waals surface area contributed by atoms with Crippen molar-refractivity contribution in [2.45, 2.75) is 38.9 Å². The molecular weight excluding hydrogens is 607 g/mol. The Morgan fingerprint density at radius 1 is 1.02 bits per heavy atom. The molecule has 0 saturated heterocycles. The van der Waals surface area contributed by atoms with E-state index in [0.717, 1.165) is 18.0 Å². The van der Waals surface area contributed by atoms with E-state index >= 15 is 4.39 Å². The number of aliphatic hydroxyl groups excluding tert-OH is 1. The molecule has 0 atom stereocenters. The molecule has 43 heavy (non-hydrogen) atoms. The lowest BCUT2D eigenvalue weighted by Gasteiger charge is -2.15. The van der Waals surface area contributed by atoms with Gasteiger partial charge in [-0.1, -0.05) is 17.7 Å². The van der Waals surface area contributed by atoms with Gasteiger partial charge in [0.25, 0.3) is 0 Å². The van der Waals surface area contributed by atoms with Crippen molar-refractivity contribution in [2.24, 2.45) is 0 Å². The van der Waals surface area contributed by atoms with Gasteiger partial charge in [-0.25, -0.2) is 22.8 Å². The van der Waals surface area contributed by atoms with Crippen LogP contribution in [0.1, 0.15) is 23.0 Å². The van der Waals surface area contributed by atoms with Crippen LogP contribution in [0.5, 0.6) is 5.75 Å². The Morgan fingerprint density at radius 3 is 2.35 bits per heavy atom. The summed E-state index contributed by atoms with van der Waals surface area (Å²) in [4.78, 5) is 8.78. The molecule has 0 aliphatic rings. The highest BCUT2D eigenvalue weighted by atomic mass is 35.5. The summed E-state index contributed by atoms with van der Waals surface area (Å²) in [7, 11) is -3.88. The average Bonchev–Trinajstić information content (AvgIpc) is 3.48. The van der Waals surface area contributed by atoms with Crippen LogP contribution in [0, 0.1) is 26.6 Å². The van der Waals surface area contributed by atoms with Crippen molar-refractivity contribution < 1.29 is 35.8 Å². The lowest BCUT2D eigenvalue weighted by atomic mass is 9.97. The molecule has 224 valence electrons. The van der Waals surface area contributed by atoms with Crippen LogP contribution < -0.4 is 4.74 Å². The molecule has 0 aliphatic heterocycles. The smallest absolute Gasteiger partial charge is 0.387 e. The number of rotatable bonds is 8. The van der Waals surface area contributed by atoms with E-state index in [9.17, 15) is 22.3 Å². The van der Waals surface area contributed by atoms with E-state index in [1.165, 1.54) is 24.3 Å². The van der Waals surface area contributed by atoms with Crippen LogP contribution in [-0.2, 0) is 16.4 Å². The zero-order valence-corrected chi connectivity index (χ0v) is 24.9. The standard InChI is InChI=1S/C30H25ClF3N3O5S/c1-15-13-37(16(2)35-15)25-7-5-18(20-11-24(32)22(14-38)27(12-20)43(4,39)40)9-21(25)28-29(41-17(3)36-28)19-6-8-26(23(31)10-19)42-30(33)34/h5-13,30,38H,14H2,1-4H3. The van der Waals surface area contributed by atoms with Crippen LogP contribution in [0.2, 0.25) is 5.02 Å². The second-order valence-corrected chi connectivity index (χ2v) is 12.2. The summed E-state index contributed by atoms with van der Waals surface area (Å²) >= 11 is 6.24. The van der Waals surface area contributed by atoms with Gasteiger partial charge in [0.1, 0.15) is 23.1 Å². The monoisotopic (exact) mass is 631 g/mol. The van der Waals surface area contributed by atoms with E-state index in [1.54, 1.807) is 25.1 Å². The quantitative estimate of drug-likeness (QED) is 0.195. The third-order valence-corrected chi connectivity index (χ3v) is 8.16. The molecule has 0 unspecified atom stereocenters. The van der Waals surface area contributed by atoms with Gasteiger partial charge in [0.2, 0.25) is 0 Å². The van der Waals surface area contributed by atoms with Crippen LogP contribution in [-0.4, -0.2) is 40.9 Å². The third kappa shape index (κ3) is 6.03. The van der Waals surface area contributed by atoms with Crippen molar-refractivity contribution in [3.05, 3.63) is 88.5 Å². The Balaban J connectivity index is 1.76.